The van der Waals surface area contributed by atoms with Crippen LogP contribution in [0.4, 0.5) is 5.82 Å². The van der Waals surface area contributed by atoms with Crippen molar-refractivity contribution >= 4 is 11.7 Å². The first-order valence-electron chi connectivity index (χ1n) is 6.76. The van der Waals surface area contributed by atoms with Crippen molar-refractivity contribution in [2.24, 2.45) is 5.92 Å². The first-order valence-corrected chi connectivity index (χ1v) is 6.76. The molecule has 1 aliphatic rings. The Bertz CT molecular complexity index is 419. The van der Waals surface area contributed by atoms with Gasteiger partial charge in [0.2, 0.25) is 0 Å². The van der Waals surface area contributed by atoms with Gasteiger partial charge < -0.3 is 10.6 Å². The van der Waals surface area contributed by atoms with Crippen LogP contribution in [-0.2, 0) is 0 Å². The van der Waals surface area contributed by atoms with E-state index < -0.39 is 0 Å². The van der Waals surface area contributed by atoms with Gasteiger partial charge in [-0.3, -0.25) is 4.79 Å². The summed E-state index contributed by atoms with van der Waals surface area (Å²) in [6, 6.07) is 3.98. The van der Waals surface area contributed by atoms with Crippen LogP contribution in [0.25, 0.3) is 0 Å². The van der Waals surface area contributed by atoms with Crippen LogP contribution in [0.2, 0.25) is 0 Å². The van der Waals surface area contributed by atoms with E-state index in [1.54, 1.807) is 12.3 Å². The molecule has 2 rings (SSSR count). The molecule has 1 saturated carbocycles. The molecule has 2 N–H and O–H groups in total. The molecule has 0 aliphatic heterocycles. The summed E-state index contributed by atoms with van der Waals surface area (Å²) in [7, 11) is 0. The molecule has 4 nitrogen and oxygen atoms in total. The largest absolute Gasteiger partial charge is 0.370 e. The Labute approximate surface area is 108 Å². The first kappa shape index (κ1) is 12.9. The van der Waals surface area contributed by atoms with Gasteiger partial charge in [-0.15, -0.1) is 0 Å². The lowest BCUT2D eigenvalue weighted by molar-refractivity contribution is 0.0949. The second-order valence-electron chi connectivity index (χ2n) is 4.79. The third-order valence-corrected chi connectivity index (χ3v) is 3.30. The van der Waals surface area contributed by atoms with Gasteiger partial charge in [-0.2, -0.15) is 0 Å². The van der Waals surface area contributed by atoms with E-state index in [9.17, 15) is 4.79 Å². The molecule has 1 amide bonds. The van der Waals surface area contributed by atoms with Crippen LogP contribution in [0.5, 0.6) is 0 Å². The second-order valence-corrected chi connectivity index (χ2v) is 4.79. The maximum absolute atomic E-state index is 12.1. The number of aromatic nitrogens is 1. The molecule has 0 aromatic carbocycles. The van der Waals surface area contributed by atoms with Crippen molar-refractivity contribution in [1.29, 1.82) is 0 Å². The monoisotopic (exact) mass is 247 g/mol. The predicted octanol–water partition coefficient (Wildman–Crippen LogP) is 2.43. The molecular formula is C14H21N3O. The zero-order valence-corrected chi connectivity index (χ0v) is 11.1. The van der Waals surface area contributed by atoms with Crippen molar-refractivity contribution in [3.05, 3.63) is 23.9 Å². The highest BCUT2D eigenvalue weighted by atomic mass is 16.1. The highest BCUT2D eigenvalue weighted by molar-refractivity contribution is 5.99. The molecule has 2 atom stereocenters. The summed E-state index contributed by atoms with van der Waals surface area (Å²) in [6.45, 7) is 4.94. The summed E-state index contributed by atoms with van der Waals surface area (Å²) in [5, 5.41) is 6.20. The van der Waals surface area contributed by atoms with E-state index in [-0.39, 0.29) is 5.91 Å². The summed E-state index contributed by atoms with van der Waals surface area (Å²) < 4.78 is 0. The molecule has 1 fully saturated rings. The number of anilines is 1. The molecule has 18 heavy (non-hydrogen) atoms. The van der Waals surface area contributed by atoms with Crippen molar-refractivity contribution in [1.82, 2.24) is 10.3 Å². The van der Waals surface area contributed by atoms with Crippen LogP contribution in [0.15, 0.2) is 18.3 Å². The molecule has 0 radical (unpaired) electrons. The highest BCUT2D eigenvalue weighted by Crippen LogP contribution is 2.34. The van der Waals surface area contributed by atoms with Crippen molar-refractivity contribution in [2.75, 3.05) is 11.9 Å². The quantitative estimate of drug-likeness (QED) is 0.811. The average Bonchev–Trinajstić information content (AvgIpc) is 3.09. The van der Waals surface area contributed by atoms with Gasteiger partial charge in [0.05, 0.1) is 5.56 Å². The Hall–Kier alpha value is -1.58. The lowest BCUT2D eigenvalue weighted by Gasteiger charge is -2.09. The number of amides is 1. The van der Waals surface area contributed by atoms with Gasteiger partial charge in [0, 0.05) is 18.8 Å². The van der Waals surface area contributed by atoms with Crippen LogP contribution in [0, 0.1) is 5.92 Å². The molecular weight excluding hydrogens is 226 g/mol. The number of hydrogen-bond donors (Lipinski definition) is 2. The lowest BCUT2D eigenvalue weighted by atomic mass is 10.2. The van der Waals surface area contributed by atoms with E-state index in [2.05, 4.69) is 22.5 Å². The van der Waals surface area contributed by atoms with Gasteiger partial charge >= 0.3 is 0 Å². The van der Waals surface area contributed by atoms with Gasteiger partial charge in [-0.1, -0.05) is 13.3 Å². The molecule has 0 bridgehead atoms. The summed E-state index contributed by atoms with van der Waals surface area (Å²) in [5.41, 5.74) is 0.640. The van der Waals surface area contributed by atoms with Crippen LogP contribution in [0.3, 0.4) is 0 Å². The van der Waals surface area contributed by atoms with Crippen LogP contribution in [0.1, 0.15) is 43.5 Å². The van der Waals surface area contributed by atoms with Crippen LogP contribution < -0.4 is 10.6 Å². The molecule has 0 spiro atoms. The number of carbonyl (C=O) groups excluding carboxylic acids is 1. The molecule has 1 aromatic rings. The summed E-state index contributed by atoms with van der Waals surface area (Å²) in [5.74, 6) is 1.34. The fraction of sp³-hybridized carbons (Fsp3) is 0.571. The number of pyridine rings is 1. The molecule has 1 aliphatic carbocycles. The molecule has 98 valence electrons. The molecule has 0 saturated heterocycles. The topological polar surface area (TPSA) is 54.0 Å². The van der Waals surface area contributed by atoms with E-state index in [4.69, 9.17) is 0 Å². The average molecular weight is 247 g/mol. The van der Waals surface area contributed by atoms with E-state index in [1.165, 1.54) is 12.8 Å². The number of nitrogens with zero attached hydrogens (tertiary/aromatic N) is 1. The van der Waals surface area contributed by atoms with E-state index in [1.807, 2.05) is 13.0 Å². The fourth-order valence-electron chi connectivity index (χ4n) is 2.26. The Balaban J connectivity index is 1.97. The Morgan fingerprint density at radius 2 is 2.33 bits per heavy atom. The van der Waals surface area contributed by atoms with Gasteiger partial charge in [-0.05, 0) is 37.8 Å². The van der Waals surface area contributed by atoms with Crippen molar-refractivity contribution in [2.45, 2.75) is 39.2 Å². The zero-order chi connectivity index (χ0) is 13.0. The SMILES string of the molecule is CCCC1CC1NC(=O)c1cccnc1NCC. The predicted molar refractivity (Wildman–Crippen MR) is 72.7 cm³/mol. The summed E-state index contributed by atoms with van der Waals surface area (Å²) in [6.07, 6.45) is 5.22. The highest BCUT2D eigenvalue weighted by Gasteiger charge is 2.37. The molecule has 4 heteroatoms. The van der Waals surface area contributed by atoms with Crippen LogP contribution in [-0.4, -0.2) is 23.5 Å². The number of nitrogens with one attached hydrogen (secondary N) is 2. The number of rotatable bonds is 6. The van der Waals surface area contributed by atoms with Crippen molar-refractivity contribution in [3.63, 3.8) is 0 Å². The third-order valence-electron chi connectivity index (χ3n) is 3.30. The maximum atomic E-state index is 12.1. The smallest absolute Gasteiger partial charge is 0.255 e. The Morgan fingerprint density at radius 1 is 1.50 bits per heavy atom. The van der Waals surface area contributed by atoms with Gasteiger partial charge in [0.25, 0.3) is 5.91 Å². The minimum Gasteiger partial charge on any atom is -0.370 e. The van der Waals surface area contributed by atoms with Gasteiger partial charge in [0.1, 0.15) is 5.82 Å². The number of carbonyl (C=O) groups is 1. The fourth-order valence-corrected chi connectivity index (χ4v) is 2.26. The van der Waals surface area contributed by atoms with Gasteiger partial charge in [-0.25, -0.2) is 4.98 Å². The Morgan fingerprint density at radius 3 is 3.06 bits per heavy atom. The van der Waals surface area contributed by atoms with Gasteiger partial charge in [0.15, 0.2) is 0 Å². The minimum atomic E-state index is -0.0114. The summed E-state index contributed by atoms with van der Waals surface area (Å²) in [4.78, 5) is 16.4. The summed E-state index contributed by atoms with van der Waals surface area (Å²) >= 11 is 0. The second kappa shape index (κ2) is 5.85. The van der Waals surface area contributed by atoms with Crippen LogP contribution >= 0.6 is 0 Å². The molecule has 2 unspecified atom stereocenters. The lowest BCUT2D eigenvalue weighted by Crippen LogP contribution is -2.28. The maximum Gasteiger partial charge on any atom is 0.255 e. The zero-order valence-electron chi connectivity index (χ0n) is 11.1. The van der Waals surface area contributed by atoms with E-state index in [0.717, 1.165) is 13.0 Å². The van der Waals surface area contributed by atoms with Crippen molar-refractivity contribution in [3.8, 4) is 0 Å². The van der Waals surface area contributed by atoms with E-state index in [0.29, 0.717) is 23.3 Å². The molecule has 1 heterocycles. The van der Waals surface area contributed by atoms with Crippen molar-refractivity contribution < 1.29 is 4.79 Å². The van der Waals surface area contributed by atoms with E-state index >= 15 is 0 Å². The Kier molecular flexibility index (Phi) is 4.18. The number of hydrogen-bond acceptors (Lipinski definition) is 3. The first-order chi connectivity index (χ1) is 8.76. The standard InChI is InChI=1S/C14H21N3O/c1-3-6-10-9-12(10)17-14(18)11-7-5-8-16-13(11)15-4-2/h5,7-8,10,12H,3-4,6,9H2,1-2H3,(H,15,16)(H,17,18). The minimum absolute atomic E-state index is 0.0114. The normalized spacial score (nSPS) is 21.4. The third kappa shape index (κ3) is 3.00. The molecule has 1 aromatic heterocycles.